The van der Waals surface area contributed by atoms with Gasteiger partial charge in [-0.1, -0.05) is 17.7 Å². The van der Waals surface area contributed by atoms with E-state index in [1.807, 2.05) is 6.92 Å². The quantitative estimate of drug-likeness (QED) is 0.602. The lowest BCUT2D eigenvalue weighted by Crippen LogP contribution is -2.33. The lowest BCUT2D eigenvalue weighted by Gasteiger charge is -2.26. The van der Waals surface area contributed by atoms with E-state index in [0.29, 0.717) is 12.3 Å². The van der Waals surface area contributed by atoms with Crippen LogP contribution in [0, 0.1) is 10.1 Å². The number of nitrogens with zero attached hydrogens (tertiary/aromatic N) is 2. The number of anilines is 1. The Labute approximate surface area is 105 Å². The van der Waals surface area contributed by atoms with Gasteiger partial charge in [0.25, 0.3) is 0 Å². The molecule has 1 atom stereocenters. The van der Waals surface area contributed by atoms with Gasteiger partial charge in [-0.15, -0.1) is 0 Å². The van der Waals surface area contributed by atoms with Crippen LogP contribution in [0.15, 0.2) is 18.2 Å². The van der Waals surface area contributed by atoms with Crippen LogP contribution >= 0.6 is 11.6 Å². The van der Waals surface area contributed by atoms with Gasteiger partial charge >= 0.3 is 5.69 Å². The maximum atomic E-state index is 11.0. The molecule has 0 radical (unpaired) electrons. The van der Waals surface area contributed by atoms with E-state index >= 15 is 0 Å². The molecular weight excluding hydrogens is 244 g/mol. The van der Waals surface area contributed by atoms with Gasteiger partial charge in [-0.3, -0.25) is 10.1 Å². The van der Waals surface area contributed by atoms with Crippen molar-refractivity contribution in [3.8, 4) is 0 Å². The number of halogens is 1. The monoisotopic (exact) mass is 258 g/mol. The number of methoxy groups -OCH3 is 1. The Kier molecular flexibility index (Phi) is 4.72. The third-order valence-electron chi connectivity index (χ3n) is 2.60. The minimum absolute atomic E-state index is 0.0252. The Hall–Kier alpha value is -1.33. The number of benzene rings is 1. The summed E-state index contributed by atoms with van der Waals surface area (Å²) in [5.74, 6) is 0. The van der Waals surface area contributed by atoms with E-state index in [2.05, 4.69) is 0 Å². The van der Waals surface area contributed by atoms with E-state index in [1.54, 1.807) is 31.2 Å². The average molecular weight is 259 g/mol. The van der Waals surface area contributed by atoms with Crippen molar-refractivity contribution < 1.29 is 9.66 Å². The number of nitro groups is 1. The standard InChI is InChI=1S/C11H15ClN2O3/c1-8(7-17-3)13(2)10-6-4-5-9(12)11(10)14(15)16/h4-6,8H,7H2,1-3H3. The summed E-state index contributed by atoms with van der Waals surface area (Å²) < 4.78 is 5.03. The van der Waals surface area contributed by atoms with E-state index in [4.69, 9.17) is 16.3 Å². The molecule has 0 spiro atoms. The van der Waals surface area contributed by atoms with Crippen molar-refractivity contribution in [3.63, 3.8) is 0 Å². The van der Waals surface area contributed by atoms with E-state index < -0.39 is 4.92 Å². The molecule has 1 rings (SSSR count). The highest BCUT2D eigenvalue weighted by atomic mass is 35.5. The minimum Gasteiger partial charge on any atom is -0.383 e. The zero-order chi connectivity index (χ0) is 13.0. The molecule has 5 nitrogen and oxygen atoms in total. The highest BCUT2D eigenvalue weighted by Gasteiger charge is 2.23. The molecule has 0 amide bonds. The second kappa shape index (κ2) is 5.84. The van der Waals surface area contributed by atoms with Crippen molar-refractivity contribution in [2.45, 2.75) is 13.0 Å². The molecule has 0 aliphatic heterocycles. The summed E-state index contributed by atoms with van der Waals surface area (Å²) in [7, 11) is 3.37. The van der Waals surface area contributed by atoms with Crippen LogP contribution in [0.2, 0.25) is 5.02 Å². The van der Waals surface area contributed by atoms with Gasteiger partial charge in [0, 0.05) is 20.2 Å². The lowest BCUT2D eigenvalue weighted by atomic mass is 10.2. The Morgan fingerprint density at radius 3 is 2.76 bits per heavy atom. The van der Waals surface area contributed by atoms with Crippen LogP contribution in [0.25, 0.3) is 0 Å². The topological polar surface area (TPSA) is 55.6 Å². The fourth-order valence-electron chi connectivity index (χ4n) is 1.56. The van der Waals surface area contributed by atoms with Crippen LogP contribution < -0.4 is 4.90 Å². The maximum absolute atomic E-state index is 11.0. The Bertz CT molecular complexity index is 412. The van der Waals surface area contributed by atoms with E-state index in [9.17, 15) is 10.1 Å². The predicted molar refractivity (Wildman–Crippen MR) is 67.8 cm³/mol. The average Bonchev–Trinajstić information content (AvgIpc) is 2.27. The summed E-state index contributed by atoms with van der Waals surface area (Å²) >= 11 is 5.85. The first-order valence-electron chi connectivity index (χ1n) is 5.13. The fourth-order valence-corrected chi connectivity index (χ4v) is 1.80. The second-order valence-electron chi connectivity index (χ2n) is 3.78. The molecule has 0 N–H and O–H groups in total. The largest absolute Gasteiger partial charge is 0.383 e. The molecule has 0 aromatic heterocycles. The van der Waals surface area contributed by atoms with Crippen LogP contribution in [0.4, 0.5) is 11.4 Å². The highest BCUT2D eigenvalue weighted by molar-refractivity contribution is 6.33. The first-order valence-corrected chi connectivity index (χ1v) is 5.51. The third kappa shape index (κ3) is 3.08. The zero-order valence-electron chi connectivity index (χ0n) is 10.0. The molecule has 0 saturated heterocycles. The van der Waals surface area contributed by atoms with Gasteiger partial charge in [-0.25, -0.2) is 0 Å². The van der Waals surface area contributed by atoms with Crippen molar-refractivity contribution in [2.24, 2.45) is 0 Å². The van der Waals surface area contributed by atoms with Gasteiger partial charge in [0.05, 0.1) is 11.5 Å². The molecule has 0 aliphatic carbocycles. The molecule has 94 valence electrons. The van der Waals surface area contributed by atoms with Gasteiger partial charge in [0.1, 0.15) is 10.7 Å². The van der Waals surface area contributed by atoms with Crippen molar-refractivity contribution in [2.75, 3.05) is 25.7 Å². The number of ether oxygens (including phenoxy) is 1. The Morgan fingerprint density at radius 1 is 1.59 bits per heavy atom. The first-order chi connectivity index (χ1) is 7.99. The van der Waals surface area contributed by atoms with Gasteiger partial charge < -0.3 is 9.64 Å². The summed E-state index contributed by atoms with van der Waals surface area (Å²) in [5, 5.41) is 11.1. The number of likely N-dealkylation sites (N-methyl/N-ethyl adjacent to an activating group) is 1. The predicted octanol–water partition coefficient (Wildman–Crippen LogP) is 2.72. The number of nitro benzene ring substituents is 1. The molecule has 0 fully saturated rings. The molecule has 0 aliphatic rings. The second-order valence-corrected chi connectivity index (χ2v) is 4.19. The highest BCUT2D eigenvalue weighted by Crippen LogP contribution is 2.35. The van der Waals surface area contributed by atoms with Crippen LogP contribution in [0.3, 0.4) is 0 Å². The molecule has 1 aromatic rings. The number of rotatable bonds is 5. The summed E-state index contributed by atoms with van der Waals surface area (Å²) in [6.45, 7) is 2.41. The van der Waals surface area contributed by atoms with Crippen molar-refractivity contribution in [3.05, 3.63) is 33.3 Å². The van der Waals surface area contributed by atoms with E-state index in [0.717, 1.165) is 0 Å². The lowest BCUT2D eigenvalue weighted by molar-refractivity contribution is -0.384. The maximum Gasteiger partial charge on any atom is 0.310 e. The fraction of sp³-hybridized carbons (Fsp3) is 0.455. The third-order valence-corrected chi connectivity index (χ3v) is 2.90. The molecule has 0 saturated carbocycles. The molecule has 0 bridgehead atoms. The molecule has 1 unspecified atom stereocenters. The molecule has 0 heterocycles. The zero-order valence-corrected chi connectivity index (χ0v) is 10.8. The first kappa shape index (κ1) is 13.7. The van der Waals surface area contributed by atoms with Crippen LogP contribution in [0.5, 0.6) is 0 Å². The summed E-state index contributed by atoms with van der Waals surface area (Å²) in [4.78, 5) is 12.3. The molecule has 17 heavy (non-hydrogen) atoms. The van der Waals surface area contributed by atoms with Gasteiger partial charge in [0.15, 0.2) is 0 Å². The van der Waals surface area contributed by atoms with Gasteiger partial charge in [-0.2, -0.15) is 0 Å². The van der Waals surface area contributed by atoms with Crippen LogP contribution in [0.1, 0.15) is 6.92 Å². The smallest absolute Gasteiger partial charge is 0.310 e. The minimum atomic E-state index is -0.465. The number of para-hydroxylation sites is 1. The Balaban J connectivity index is 3.13. The van der Waals surface area contributed by atoms with Gasteiger partial charge in [0.2, 0.25) is 0 Å². The summed E-state index contributed by atoms with van der Waals surface area (Å²) in [5.41, 5.74) is 0.423. The summed E-state index contributed by atoms with van der Waals surface area (Å²) in [6.07, 6.45) is 0. The van der Waals surface area contributed by atoms with Crippen molar-refractivity contribution in [1.29, 1.82) is 0 Å². The normalized spacial score (nSPS) is 12.2. The molecular formula is C11H15ClN2O3. The van der Waals surface area contributed by atoms with Crippen molar-refractivity contribution in [1.82, 2.24) is 0 Å². The SMILES string of the molecule is COCC(C)N(C)c1cccc(Cl)c1[N+](=O)[O-]. The van der Waals surface area contributed by atoms with Gasteiger partial charge in [-0.05, 0) is 19.1 Å². The van der Waals surface area contributed by atoms with Crippen molar-refractivity contribution >= 4 is 23.0 Å². The van der Waals surface area contributed by atoms with E-state index in [1.165, 1.54) is 6.07 Å². The van der Waals surface area contributed by atoms with E-state index in [-0.39, 0.29) is 16.8 Å². The summed E-state index contributed by atoms with van der Waals surface area (Å²) in [6, 6.07) is 4.91. The van der Waals surface area contributed by atoms with Crippen LogP contribution in [-0.2, 0) is 4.74 Å². The number of hydrogen-bond donors (Lipinski definition) is 0. The molecule has 6 heteroatoms. The number of hydrogen-bond acceptors (Lipinski definition) is 4. The molecule has 1 aromatic carbocycles. The van der Waals surface area contributed by atoms with Crippen LogP contribution in [-0.4, -0.2) is 31.7 Å². The Morgan fingerprint density at radius 2 is 2.24 bits per heavy atom.